The molecule has 8 nitrogen and oxygen atoms in total. The number of nitrogens with zero attached hydrogens (tertiary/aromatic N) is 5. The number of furan rings is 1. The number of rotatable bonds is 8. The summed E-state index contributed by atoms with van der Waals surface area (Å²) in [5.74, 6) is 1.72. The van der Waals surface area contributed by atoms with Crippen LogP contribution >= 0.6 is 0 Å². The number of fused-ring (bicyclic) bond motifs is 1. The fraction of sp³-hybridized carbons (Fsp3) is 0.462. The summed E-state index contributed by atoms with van der Waals surface area (Å²) in [6, 6.07) is 10.4. The topological polar surface area (TPSA) is 92.8 Å². The monoisotopic (exact) mass is 460 g/mol. The van der Waals surface area contributed by atoms with E-state index in [9.17, 15) is 4.79 Å². The fourth-order valence-electron chi connectivity index (χ4n) is 5.27. The van der Waals surface area contributed by atoms with E-state index >= 15 is 0 Å². The number of aromatic nitrogens is 5. The van der Waals surface area contributed by atoms with Crippen LogP contribution in [0.5, 0.6) is 0 Å². The maximum Gasteiger partial charge on any atom is 0.252 e. The molecule has 0 bridgehead atoms. The number of hydrogen-bond donors (Lipinski definition) is 1. The largest absolute Gasteiger partial charge is 0.468 e. The number of pyridine rings is 1. The Bertz CT molecular complexity index is 1320. The normalized spacial score (nSPS) is 15.5. The van der Waals surface area contributed by atoms with Gasteiger partial charge in [0.1, 0.15) is 5.76 Å². The van der Waals surface area contributed by atoms with Crippen LogP contribution in [0.25, 0.3) is 10.9 Å². The zero-order valence-electron chi connectivity index (χ0n) is 20.1. The van der Waals surface area contributed by atoms with Gasteiger partial charge in [0.05, 0.1) is 30.4 Å². The summed E-state index contributed by atoms with van der Waals surface area (Å²) in [7, 11) is 0. The molecule has 3 heterocycles. The van der Waals surface area contributed by atoms with Crippen molar-refractivity contribution in [3.8, 4) is 0 Å². The van der Waals surface area contributed by atoms with Gasteiger partial charge in [0, 0.05) is 17.5 Å². The first-order valence-corrected chi connectivity index (χ1v) is 12.2. The van der Waals surface area contributed by atoms with E-state index in [4.69, 9.17) is 4.42 Å². The summed E-state index contributed by atoms with van der Waals surface area (Å²) in [4.78, 5) is 18.5. The Labute approximate surface area is 199 Å². The lowest BCUT2D eigenvalue weighted by Crippen LogP contribution is -2.32. The molecule has 1 atom stereocenters. The van der Waals surface area contributed by atoms with Crippen LogP contribution in [-0.2, 0) is 13.1 Å². The van der Waals surface area contributed by atoms with Gasteiger partial charge in [0.25, 0.3) is 5.56 Å². The van der Waals surface area contributed by atoms with Crippen LogP contribution in [0.1, 0.15) is 79.4 Å². The number of benzene rings is 1. The lowest BCUT2D eigenvalue weighted by atomic mass is 10.0. The van der Waals surface area contributed by atoms with Crippen molar-refractivity contribution in [2.24, 2.45) is 0 Å². The number of hydrogen-bond acceptors (Lipinski definition) is 6. The minimum absolute atomic E-state index is 0.0468. The number of aryl methyl sites for hydroxylation is 2. The van der Waals surface area contributed by atoms with Crippen LogP contribution in [-0.4, -0.2) is 30.1 Å². The molecule has 5 rings (SSSR count). The molecule has 3 aromatic heterocycles. The first-order valence-electron chi connectivity index (χ1n) is 12.2. The summed E-state index contributed by atoms with van der Waals surface area (Å²) in [5, 5.41) is 14.0. The van der Waals surface area contributed by atoms with E-state index in [1.165, 1.54) is 12.8 Å². The third kappa shape index (κ3) is 4.30. The van der Waals surface area contributed by atoms with Crippen molar-refractivity contribution in [1.82, 2.24) is 30.1 Å². The van der Waals surface area contributed by atoms with Gasteiger partial charge in [-0.2, -0.15) is 0 Å². The molecule has 0 unspecified atom stereocenters. The minimum atomic E-state index is -0.0594. The van der Waals surface area contributed by atoms with Gasteiger partial charge in [0.15, 0.2) is 5.82 Å². The van der Waals surface area contributed by atoms with Crippen LogP contribution in [0.4, 0.5) is 0 Å². The zero-order chi connectivity index (χ0) is 23.7. The molecule has 1 aromatic carbocycles. The van der Waals surface area contributed by atoms with E-state index in [0.717, 1.165) is 58.4 Å². The molecule has 0 spiro atoms. The highest BCUT2D eigenvalue weighted by molar-refractivity contribution is 5.85. The van der Waals surface area contributed by atoms with E-state index in [-0.39, 0.29) is 11.6 Å². The Morgan fingerprint density at radius 2 is 1.97 bits per heavy atom. The molecule has 0 amide bonds. The minimum Gasteiger partial charge on any atom is -0.468 e. The zero-order valence-corrected chi connectivity index (χ0v) is 20.1. The molecule has 0 saturated heterocycles. The Kier molecular flexibility index (Phi) is 6.32. The predicted molar refractivity (Wildman–Crippen MR) is 130 cm³/mol. The standard InChI is InChI=1S/C26H32N6O2/c1-4-23(25-28-29-30-32(25)20-8-5-6-9-20)31(16-21-10-7-13-34-21)15-19-14-22-17(2)11-12-18(3)24(22)27-26(19)33/h7,10-14,20,23H,4-6,8-9,15-16H2,1-3H3,(H,27,33)/t23-/m1/s1. The summed E-state index contributed by atoms with van der Waals surface area (Å²) in [5.41, 5.74) is 3.79. The molecule has 34 heavy (non-hydrogen) atoms. The summed E-state index contributed by atoms with van der Waals surface area (Å²) in [6.07, 6.45) is 7.14. The Hall–Kier alpha value is -3.26. The van der Waals surface area contributed by atoms with Gasteiger partial charge in [-0.3, -0.25) is 9.69 Å². The molecule has 4 aromatic rings. The highest BCUT2D eigenvalue weighted by atomic mass is 16.3. The second kappa shape index (κ2) is 9.54. The van der Waals surface area contributed by atoms with Gasteiger partial charge in [-0.05, 0) is 72.9 Å². The second-order valence-electron chi connectivity index (χ2n) is 9.44. The lowest BCUT2D eigenvalue weighted by Gasteiger charge is -2.30. The van der Waals surface area contributed by atoms with Gasteiger partial charge in [-0.15, -0.1) is 5.10 Å². The Morgan fingerprint density at radius 1 is 1.18 bits per heavy atom. The molecular formula is C26H32N6O2. The summed E-state index contributed by atoms with van der Waals surface area (Å²) >= 11 is 0. The van der Waals surface area contributed by atoms with Crippen molar-refractivity contribution >= 4 is 10.9 Å². The molecule has 1 aliphatic carbocycles. The Morgan fingerprint density at radius 3 is 2.71 bits per heavy atom. The smallest absolute Gasteiger partial charge is 0.252 e. The van der Waals surface area contributed by atoms with Crippen molar-refractivity contribution in [2.45, 2.75) is 78.0 Å². The molecule has 8 heteroatoms. The third-order valence-corrected chi connectivity index (χ3v) is 7.15. The average molecular weight is 461 g/mol. The molecule has 1 N–H and O–H groups in total. The highest BCUT2D eigenvalue weighted by Crippen LogP contribution is 2.33. The van der Waals surface area contributed by atoms with E-state index in [0.29, 0.717) is 19.1 Å². The van der Waals surface area contributed by atoms with E-state index in [1.807, 2.05) is 35.9 Å². The highest BCUT2D eigenvalue weighted by Gasteiger charge is 2.30. The van der Waals surface area contributed by atoms with Crippen LogP contribution < -0.4 is 5.56 Å². The average Bonchev–Trinajstić information content (AvgIpc) is 3.60. The lowest BCUT2D eigenvalue weighted by molar-refractivity contribution is 0.146. The molecule has 0 radical (unpaired) electrons. The van der Waals surface area contributed by atoms with Gasteiger partial charge in [-0.1, -0.05) is 31.9 Å². The number of tetrazole rings is 1. The quantitative estimate of drug-likeness (QED) is 0.398. The number of aromatic amines is 1. The van der Waals surface area contributed by atoms with Gasteiger partial charge < -0.3 is 9.40 Å². The third-order valence-electron chi connectivity index (χ3n) is 7.15. The van der Waals surface area contributed by atoms with E-state index < -0.39 is 0 Å². The van der Waals surface area contributed by atoms with E-state index in [1.54, 1.807) is 6.26 Å². The number of H-pyrrole nitrogens is 1. The summed E-state index contributed by atoms with van der Waals surface area (Å²) < 4.78 is 7.72. The van der Waals surface area contributed by atoms with Crippen LogP contribution in [0.2, 0.25) is 0 Å². The molecule has 1 fully saturated rings. The molecule has 1 aliphatic rings. The van der Waals surface area contributed by atoms with Crippen molar-refractivity contribution in [1.29, 1.82) is 0 Å². The maximum atomic E-state index is 13.2. The first-order chi connectivity index (χ1) is 16.5. The number of nitrogens with one attached hydrogen (secondary N) is 1. The maximum absolute atomic E-state index is 13.2. The Balaban J connectivity index is 1.54. The van der Waals surface area contributed by atoms with Crippen LogP contribution in [0.15, 0.2) is 45.8 Å². The van der Waals surface area contributed by atoms with Crippen LogP contribution in [0, 0.1) is 13.8 Å². The first kappa shape index (κ1) is 22.5. The van der Waals surface area contributed by atoms with Gasteiger partial charge in [-0.25, -0.2) is 4.68 Å². The SMILES string of the molecule is CC[C@H](c1nnnn1C1CCCC1)N(Cc1ccco1)Cc1cc2c(C)ccc(C)c2[nH]c1=O. The predicted octanol–water partition coefficient (Wildman–Crippen LogP) is 4.99. The second-order valence-corrected chi connectivity index (χ2v) is 9.44. The van der Waals surface area contributed by atoms with Crippen molar-refractivity contribution < 1.29 is 4.42 Å². The van der Waals surface area contributed by atoms with E-state index in [2.05, 4.69) is 45.3 Å². The summed E-state index contributed by atoms with van der Waals surface area (Å²) in [6.45, 7) is 7.28. The fourth-order valence-corrected chi connectivity index (χ4v) is 5.27. The molecule has 178 valence electrons. The van der Waals surface area contributed by atoms with Crippen LogP contribution in [0.3, 0.4) is 0 Å². The van der Waals surface area contributed by atoms with Crippen molar-refractivity contribution in [3.63, 3.8) is 0 Å². The van der Waals surface area contributed by atoms with Crippen molar-refractivity contribution in [2.75, 3.05) is 0 Å². The van der Waals surface area contributed by atoms with Gasteiger partial charge in [0.2, 0.25) is 0 Å². The molecular weight excluding hydrogens is 428 g/mol. The van der Waals surface area contributed by atoms with Gasteiger partial charge >= 0.3 is 0 Å². The van der Waals surface area contributed by atoms with Crippen molar-refractivity contribution in [3.05, 3.63) is 75.2 Å². The molecule has 0 aliphatic heterocycles. The molecule has 1 saturated carbocycles.